The first kappa shape index (κ1) is 9.13. The van der Waals surface area contributed by atoms with Crippen LogP contribution in [0, 0.1) is 12.8 Å². The summed E-state index contributed by atoms with van der Waals surface area (Å²) in [4.78, 5) is 8.68. The molecule has 1 aliphatic heterocycles. The Balaban J connectivity index is 2.35. The minimum absolute atomic E-state index is 0.574. The predicted octanol–water partition coefficient (Wildman–Crippen LogP) is 2.84. The van der Waals surface area contributed by atoms with Crippen LogP contribution in [0.1, 0.15) is 24.6 Å². The number of hydrogen-bond donors (Lipinski definition) is 0. The average molecular weight is 186 g/mol. The third-order valence-electron chi connectivity index (χ3n) is 2.33. The van der Waals surface area contributed by atoms with E-state index in [4.69, 9.17) is 0 Å². The van der Waals surface area contributed by atoms with E-state index in [9.17, 15) is 0 Å². The molecule has 14 heavy (non-hydrogen) atoms. The van der Waals surface area contributed by atoms with Gasteiger partial charge >= 0.3 is 0 Å². The summed E-state index contributed by atoms with van der Waals surface area (Å²) in [6.07, 6.45) is 7.03. The largest absolute Gasteiger partial charge is 0.259 e. The summed E-state index contributed by atoms with van der Waals surface area (Å²) in [5.74, 6) is 0.574. The van der Waals surface area contributed by atoms with E-state index in [0.717, 1.165) is 17.8 Å². The van der Waals surface area contributed by atoms with Crippen LogP contribution in [0.25, 0.3) is 5.70 Å². The highest BCUT2D eigenvalue weighted by molar-refractivity contribution is 5.75. The summed E-state index contributed by atoms with van der Waals surface area (Å²) in [6.45, 7) is 4.27. The summed E-state index contributed by atoms with van der Waals surface area (Å²) >= 11 is 0. The number of aliphatic imine (C=N–C) groups is 1. The van der Waals surface area contributed by atoms with Gasteiger partial charge in [-0.05, 0) is 37.0 Å². The van der Waals surface area contributed by atoms with Crippen LogP contribution in [0.4, 0.5) is 0 Å². The van der Waals surface area contributed by atoms with Crippen molar-refractivity contribution >= 4 is 11.9 Å². The first-order chi connectivity index (χ1) is 6.75. The Hall–Kier alpha value is -1.44. The molecule has 2 heteroatoms. The fraction of sp³-hybridized carbons (Fsp3) is 0.333. The van der Waals surface area contributed by atoms with Crippen LogP contribution in [0.2, 0.25) is 0 Å². The quantitative estimate of drug-likeness (QED) is 0.662. The van der Waals surface area contributed by atoms with E-state index < -0.39 is 0 Å². The van der Waals surface area contributed by atoms with Crippen molar-refractivity contribution in [3.05, 3.63) is 35.7 Å². The SMILES string of the molecule is Cc1ccnc(C2=CC(C)CC=N2)c1. The minimum atomic E-state index is 0.574. The second kappa shape index (κ2) is 3.74. The summed E-state index contributed by atoms with van der Waals surface area (Å²) in [6, 6.07) is 4.07. The van der Waals surface area contributed by atoms with Crippen LogP contribution in [0.3, 0.4) is 0 Å². The smallest absolute Gasteiger partial charge is 0.0885 e. The van der Waals surface area contributed by atoms with Gasteiger partial charge in [-0.3, -0.25) is 9.98 Å². The molecule has 1 unspecified atom stereocenters. The molecule has 2 rings (SSSR count). The second-order valence-electron chi connectivity index (χ2n) is 3.79. The van der Waals surface area contributed by atoms with Crippen molar-refractivity contribution in [1.29, 1.82) is 0 Å². The summed E-state index contributed by atoms with van der Waals surface area (Å²) < 4.78 is 0. The van der Waals surface area contributed by atoms with E-state index in [2.05, 4.69) is 36.0 Å². The van der Waals surface area contributed by atoms with Crippen molar-refractivity contribution in [3.8, 4) is 0 Å². The molecule has 1 atom stereocenters. The van der Waals surface area contributed by atoms with Crippen molar-refractivity contribution in [1.82, 2.24) is 4.98 Å². The van der Waals surface area contributed by atoms with E-state index in [1.807, 2.05) is 18.5 Å². The number of rotatable bonds is 1. The number of pyridine rings is 1. The van der Waals surface area contributed by atoms with E-state index in [1.54, 1.807) is 0 Å². The molecular weight excluding hydrogens is 172 g/mol. The summed E-state index contributed by atoms with van der Waals surface area (Å²) in [5, 5.41) is 0. The van der Waals surface area contributed by atoms with Gasteiger partial charge in [-0.2, -0.15) is 0 Å². The maximum absolute atomic E-state index is 4.36. The van der Waals surface area contributed by atoms with Gasteiger partial charge in [0.05, 0.1) is 11.4 Å². The van der Waals surface area contributed by atoms with Gasteiger partial charge in [0.1, 0.15) is 0 Å². The Bertz CT molecular complexity index is 391. The van der Waals surface area contributed by atoms with E-state index in [1.165, 1.54) is 5.56 Å². The zero-order valence-electron chi connectivity index (χ0n) is 8.57. The van der Waals surface area contributed by atoms with E-state index >= 15 is 0 Å². The minimum Gasteiger partial charge on any atom is -0.259 e. The van der Waals surface area contributed by atoms with Crippen molar-refractivity contribution in [2.45, 2.75) is 20.3 Å². The number of allylic oxidation sites excluding steroid dienone is 1. The molecule has 0 fully saturated rings. The number of hydrogen-bond acceptors (Lipinski definition) is 2. The molecule has 0 aromatic carbocycles. The molecule has 72 valence electrons. The van der Waals surface area contributed by atoms with Crippen LogP contribution in [0.5, 0.6) is 0 Å². The lowest BCUT2D eigenvalue weighted by Crippen LogP contribution is -1.99. The molecular formula is C12H14N2. The number of aromatic nitrogens is 1. The van der Waals surface area contributed by atoms with E-state index in [0.29, 0.717) is 5.92 Å². The van der Waals surface area contributed by atoms with Gasteiger partial charge in [0.2, 0.25) is 0 Å². The highest BCUT2D eigenvalue weighted by Gasteiger charge is 2.08. The fourth-order valence-corrected chi connectivity index (χ4v) is 1.53. The maximum atomic E-state index is 4.36. The Kier molecular flexibility index (Phi) is 2.44. The molecule has 0 N–H and O–H groups in total. The maximum Gasteiger partial charge on any atom is 0.0885 e. The highest BCUT2D eigenvalue weighted by Crippen LogP contribution is 2.21. The van der Waals surface area contributed by atoms with Gasteiger partial charge in [-0.15, -0.1) is 0 Å². The highest BCUT2D eigenvalue weighted by atomic mass is 14.8. The molecule has 0 saturated heterocycles. The van der Waals surface area contributed by atoms with Crippen LogP contribution in [-0.2, 0) is 0 Å². The van der Waals surface area contributed by atoms with Gasteiger partial charge in [0, 0.05) is 12.4 Å². The monoisotopic (exact) mass is 186 g/mol. The lowest BCUT2D eigenvalue weighted by Gasteiger charge is -2.10. The molecule has 1 aliphatic rings. The number of aryl methyl sites for hydroxylation is 1. The summed E-state index contributed by atoms with van der Waals surface area (Å²) in [7, 11) is 0. The van der Waals surface area contributed by atoms with Crippen LogP contribution < -0.4 is 0 Å². The van der Waals surface area contributed by atoms with Gasteiger partial charge in [-0.25, -0.2) is 0 Å². The van der Waals surface area contributed by atoms with Crippen molar-refractivity contribution in [3.63, 3.8) is 0 Å². The average Bonchev–Trinajstić information content (AvgIpc) is 2.18. The Morgan fingerprint density at radius 1 is 1.43 bits per heavy atom. The fourth-order valence-electron chi connectivity index (χ4n) is 1.53. The topological polar surface area (TPSA) is 25.2 Å². The molecule has 1 aromatic rings. The van der Waals surface area contributed by atoms with Gasteiger partial charge in [-0.1, -0.05) is 13.0 Å². The zero-order valence-corrected chi connectivity index (χ0v) is 8.57. The molecule has 0 amide bonds. The predicted molar refractivity (Wildman–Crippen MR) is 59.2 cm³/mol. The first-order valence-electron chi connectivity index (χ1n) is 4.93. The zero-order chi connectivity index (χ0) is 9.97. The van der Waals surface area contributed by atoms with Crippen molar-refractivity contribution < 1.29 is 0 Å². The molecule has 0 bridgehead atoms. The van der Waals surface area contributed by atoms with Gasteiger partial charge < -0.3 is 0 Å². The lowest BCUT2D eigenvalue weighted by atomic mass is 10.0. The molecule has 1 aromatic heterocycles. The third-order valence-corrected chi connectivity index (χ3v) is 2.33. The molecule has 2 heterocycles. The summed E-state index contributed by atoms with van der Waals surface area (Å²) in [5.41, 5.74) is 3.21. The van der Waals surface area contributed by atoms with Crippen molar-refractivity contribution in [2.24, 2.45) is 10.9 Å². The molecule has 0 saturated carbocycles. The van der Waals surface area contributed by atoms with Gasteiger partial charge in [0.15, 0.2) is 0 Å². The normalized spacial score (nSPS) is 20.7. The first-order valence-corrected chi connectivity index (χ1v) is 4.93. The molecule has 0 radical (unpaired) electrons. The Labute approximate surface area is 84.4 Å². The van der Waals surface area contributed by atoms with Crippen LogP contribution in [-0.4, -0.2) is 11.2 Å². The Morgan fingerprint density at radius 3 is 3.00 bits per heavy atom. The standard InChI is InChI=1S/C12H14N2/c1-9-3-5-13-11(7-9)12-8-10(2)4-6-14-12/h3,5-8,10H,4H2,1-2H3. The van der Waals surface area contributed by atoms with Crippen LogP contribution >= 0.6 is 0 Å². The molecule has 0 spiro atoms. The second-order valence-corrected chi connectivity index (χ2v) is 3.79. The number of nitrogens with zero attached hydrogens (tertiary/aromatic N) is 2. The van der Waals surface area contributed by atoms with Crippen molar-refractivity contribution in [2.75, 3.05) is 0 Å². The van der Waals surface area contributed by atoms with E-state index in [-0.39, 0.29) is 0 Å². The molecule has 2 nitrogen and oxygen atoms in total. The third kappa shape index (κ3) is 1.90. The van der Waals surface area contributed by atoms with Gasteiger partial charge in [0.25, 0.3) is 0 Å². The molecule has 0 aliphatic carbocycles. The van der Waals surface area contributed by atoms with Crippen LogP contribution in [0.15, 0.2) is 29.4 Å². The lowest BCUT2D eigenvalue weighted by molar-refractivity contribution is 0.768. The Morgan fingerprint density at radius 2 is 2.29 bits per heavy atom.